The van der Waals surface area contributed by atoms with Crippen LogP contribution >= 0.6 is 0 Å². The van der Waals surface area contributed by atoms with Crippen LogP contribution in [0.1, 0.15) is 6.42 Å². The monoisotopic (exact) mass is 221 g/mol. The van der Waals surface area contributed by atoms with Crippen LogP contribution in [0.5, 0.6) is 0 Å². The number of hydrogen-bond acceptors (Lipinski definition) is 4. The molecule has 86 valence electrons. The molecule has 1 heterocycles. The van der Waals surface area contributed by atoms with Gasteiger partial charge in [0.1, 0.15) is 12.5 Å². The van der Waals surface area contributed by atoms with Crippen molar-refractivity contribution in [3.63, 3.8) is 0 Å². The van der Waals surface area contributed by atoms with Crippen LogP contribution in [0.2, 0.25) is 0 Å². The van der Waals surface area contributed by atoms with Gasteiger partial charge >= 0.3 is 0 Å². The molecule has 2 rings (SSSR count). The quantitative estimate of drug-likeness (QED) is 0.732. The van der Waals surface area contributed by atoms with E-state index in [1.54, 1.807) is 7.11 Å². The van der Waals surface area contributed by atoms with Crippen molar-refractivity contribution in [2.45, 2.75) is 6.42 Å². The molecule has 0 aromatic carbocycles. The molecule has 0 fully saturated rings. The Kier molecular flexibility index (Phi) is 3.77. The van der Waals surface area contributed by atoms with Gasteiger partial charge in [-0.1, -0.05) is 12.2 Å². The lowest BCUT2D eigenvalue weighted by atomic mass is 9.98. The van der Waals surface area contributed by atoms with Crippen LogP contribution in [0, 0.1) is 5.92 Å². The van der Waals surface area contributed by atoms with Gasteiger partial charge in [-0.3, -0.25) is 0 Å². The SMILES string of the molecule is COCC1CC=CC=C1N=C1COC=CO1. The average molecular weight is 221 g/mol. The normalized spacial score (nSPS) is 26.2. The van der Waals surface area contributed by atoms with E-state index < -0.39 is 0 Å². The Bertz CT molecular complexity index is 355. The zero-order valence-electron chi connectivity index (χ0n) is 9.26. The zero-order valence-corrected chi connectivity index (χ0v) is 9.26. The highest BCUT2D eigenvalue weighted by Gasteiger charge is 2.16. The van der Waals surface area contributed by atoms with E-state index in [4.69, 9.17) is 14.2 Å². The second kappa shape index (κ2) is 5.51. The molecule has 4 nitrogen and oxygen atoms in total. The van der Waals surface area contributed by atoms with Gasteiger partial charge in [-0.15, -0.1) is 0 Å². The fraction of sp³-hybridized carbons (Fsp3) is 0.417. The Morgan fingerprint density at radius 1 is 1.50 bits per heavy atom. The number of nitrogens with zero attached hydrogens (tertiary/aromatic N) is 1. The molecule has 0 saturated carbocycles. The first kappa shape index (κ1) is 11.0. The van der Waals surface area contributed by atoms with Gasteiger partial charge in [-0.2, -0.15) is 0 Å². The number of hydrogen-bond donors (Lipinski definition) is 0. The Labute approximate surface area is 94.9 Å². The second-order valence-corrected chi connectivity index (χ2v) is 3.61. The summed E-state index contributed by atoms with van der Waals surface area (Å²) in [5.74, 6) is 0.891. The van der Waals surface area contributed by atoms with Crippen molar-refractivity contribution in [2.24, 2.45) is 10.9 Å². The topological polar surface area (TPSA) is 40.0 Å². The summed E-state index contributed by atoms with van der Waals surface area (Å²) in [6.07, 6.45) is 10.1. The molecule has 0 aromatic heterocycles. The summed E-state index contributed by atoms with van der Waals surface area (Å²) in [5, 5.41) is 0. The molecule has 1 unspecified atom stereocenters. The second-order valence-electron chi connectivity index (χ2n) is 3.61. The molecule has 4 heteroatoms. The summed E-state index contributed by atoms with van der Waals surface area (Å²) in [7, 11) is 1.70. The minimum atomic E-state index is 0.303. The zero-order chi connectivity index (χ0) is 11.2. The molecule has 0 aromatic rings. The highest BCUT2D eigenvalue weighted by atomic mass is 16.6. The largest absolute Gasteiger partial charge is 0.488 e. The Morgan fingerprint density at radius 2 is 2.44 bits per heavy atom. The highest BCUT2D eigenvalue weighted by molar-refractivity contribution is 5.79. The Morgan fingerprint density at radius 3 is 3.19 bits per heavy atom. The maximum Gasteiger partial charge on any atom is 0.232 e. The van der Waals surface area contributed by atoms with E-state index in [9.17, 15) is 0 Å². The van der Waals surface area contributed by atoms with E-state index in [-0.39, 0.29) is 0 Å². The van der Waals surface area contributed by atoms with Gasteiger partial charge in [-0.05, 0) is 12.5 Å². The van der Waals surface area contributed by atoms with Crippen molar-refractivity contribution in [3.8, 4) is 0 Å². The first-order valence-corrected chi connectivity index (χ1v) is 5.26. The molecular weight excluding hydrogens is 206 g/mol. The molecular formula is C12H15NO3. The van der Waals surface area contributed by atoms with Gasteiger partial charge < -0.3 is 14.2 Å². The van der Waals surface area contributed by atoms with E-state index in [2.05, 4.69) is 11.1 Å². The van der Waals surface area contributed by atoms with Crippen molar-refractivity contribution >= 4 is 5.90 Å². The van der Waals surface area contributed by atoms with Crippen LogP contribution in [0.4, 0.5) is 0 Å². The lowest BCUT2D eigenvalue weighted by Crippen LogP contribution is -2.17. The number of methoxy groups -OCH3 is 1. The molecule has 0 saturated heterocycles. The third-order valence-electron chi connectivity index (χ3n) is 2.43. The molecule has 2 aliphatic rings. The predicted octanol–water partition coefficient (Wildman–Crippen LogP) is 2.01. The van der Waals surface area contributed by atoms with E-state index in [1.165, 1.54) is 12.5 Å². The first-order valence-electron chi connectivity index (χ1n) is 5.26. The van der Waals surface area contributed by atoms with Crippen LogP contribution in [0.15, 0.2) is 41.4 Å². The summed E-state index contributed by atoms with van der Waals surface area (Å²) in [4.78, 5) is 4.44. The lowest BCUT2D eigenvalue weighted by Gasteiger charge is -2.18. The van der Waals surface area contributed by atoms with Gasteiger partial charge in [0.25, 0.3) is 0 Å². The van der Waals surface area contributed by atoms with Crippen molar-refractivity contribution < 1.29 is 14.2 Å². The van der Waals surface area contributed by atoms with Gasteiger partial charge in [0.05, 0.1) is 6.61 Å². The van der Waals surface area contributed by atoms with Gasteiger partial charge in [0.2, 0.25) is 5.90 Å². The van der Waals surface area contributed by atoms with E-state index in [1.807, 2.05) is 12.2 Å². The summed E-state index contributed by atoms with van der Waals surface area (Å²) >= 11 is 0. The summed E-state index contributed by atoms with van der Waals surface area (Å²) in [6, 6.07) is 0. The maximum atomic E-state index is 5.25. The number of allylic oxidation sites excluding steroid dienone is 3. The smallest absolute Gasteiger partial charge is 0.232 e. The van der Waals surface area contributed by atoms with Crippen LogP contribution in [0.3, 0.4) is 0 Å². The molecule has 0 spiro atoms. The van der Waals surface area contributed by atoms with Crippen molar-refractivity contribution in [2.75, 3.05) is 20.3 Å². The average Bonchev–Trinajstić information content (AvgIpc) is 2.33. The molecule has 16 heavy (non-hydrogen) atoms. The van der Waals surface area contributed by atoms with Crippen LogP contribution in [-0.2, 0) is 14.2 Å². The highest BCUT2D eigenvalue weighted by Crippen LogP contribution is 2.22. The van der Waals surface area contributed by atoms with Crippen molar-refractivity contribution in [1.82, 2.24) is 0 Å². The fourth-order valence-corrected chi connectivity index (χ4v) is 1.65. The minimum Gasteiger partial charge on any atom is -0.488 e. The number of aliphatic imine (C=N–C) groups is 1. The third kappa shape index (κ3) is 2.73. The third-order valence-corrected chi connectivity index (χ3v) is 2.43. The maximum absolute atomic E-state index is 5.25. The van der Waals surface area contributed by atoms with Crippen LogP contribution in [-0.4, -0.2) is 26.2 Å². The van der Waals surface area contributed by atoms with Crippen molar-refractivity contribution in [3.05, 3.63) is 36.4 Å². The molecule has 0 radical (unpaired) electrons. The van der Waals surface area contributed by atoms with Crippen LogP contribution in [0.25, 0.3) is 0 Å². The molecule has 1 aliphatic heterocycles. The van der Waals surface area contributed by atoms with Gasteiger partial charge in [0, 0.05) is 18.7 Å². The predicted molar refractivity (Wildman–Crippen MR) is 60.8 cm³/mol. The molecule has 0 N–H and O–H groups in total. The van der Waals surface area contributed by atoms with Gasteiger partial charge in [-0.25, -0.2) is 4.99 Å². The Balaban J connectivity index is 2.08. The van der Waals surface area contributed by atoms with E-state index >= 15 is 0 Å². The molecule has 1 aliphatic carbocycles. The number of rotatable bonds is 3. The standard InChI is InChI=1S/C12H15NO3/c1-14-8-10-4-2-3-5-11(10)13-12-9-15-6-7-16-12/h2-3,5-7,10H,4,8-9H2,1H3. The van der Waals surface area contributed by atoms with E-state index in [0.717, 1.165) is 12.1 Å². The first-order chi connectivity index (χ1) is 7.90. The minimum absolute atomic E-state index is 0.303. The molecule has 0 amide bonds. The van der Waals surface area contributed by atoms with Crippen molar-refractivity contribution in [1.29, 1.82) is 0 Å². The lowest BCUT2D eigenvalue weighted by molar-refractivity contribution is 0.165. The Hall–Kier alpha value is -1.55. The fourth-order valence-electron chi connectivity index (χ4n) is 1.65. The summed E-state index contributed by atoms with van der Waals surface area (Å²) in [6.45, 7) is 1.06. The molecule has 1 atom stereocenters. The van der Waals surface area contributed by atoms with Gasteiger partial charge in [0.15, 0.2) is 6.61 Å². The summed E-state index contributed by atoms with van der Waals surface area (Å²) in [5.41, 5.74) is 0.984. The number of ether oxygens (including phenoxy) is 3. The van der Waals surface area contributed by atoms with E-state index in [0.29, 0.717) is 25.0 Å². The molecule has 0 bridgehead atoms. The summed E-state index contributed by atoms with van der Waals surface area (Å²) < 4.78 is 15.5. The van der Waals surface area contributed by atoms with Crippen LogP contribution < -0.4 is 0 Å².